The summed E-state index contributed by atoms with van der Waals surface area (Å²) in [6.07, 6.45) is 1.81. The number of aromatic amines is 1. The molecule has 3 nitrogen and oxygen atoms in total. The molecule has 0 atom stereocenters. The molecular formula is C6H8ClN3S. The number of hydrogen-bond acceptors (Lipinski definition) is 3. The van der Waals surface area contributed by atoms with E-state index in [9.17, 15) is 0 Å². The van der Waals surface area contributed by atoms with E-state index in [1.807, 2.05) is 6.08 Å². The first-order valence-electron chi connectivity index (χ1n) is 3.08. The lowest BCUT2D eigenvalue weighted by Crippen LogP contribution is -1.78. The van der Waals surface area contributed by atoms with Crippen LogP contribution in [0.1, 0.15) is 5.82 Å². The molecule has 0 aromatic carbocycles. The van der Waals surface area contributed by atoms with Gasteiger partial charge in [-0.25, -0.2) is 0 Å². The van der Waals surface area contributed by atoms with Crippen LogP contribution >= 0.6 is 23.4 Å². The lowest BCUT2D eigenvalue weighted by Gasteiger charge is -1.87. The fraction of sp³-hybridized carbons (Fsp3) is 0.333. The summed E-state index contributed by atoms with van der Waals surface area (Å²) >= 11 is 7.06. The van der Waals surface area contributed by atoms with E-state index in [-0.39, 0.29) is 0 Å². The van der Waals surface area contributed by atoms with Crippen LogP contribution in [-0.4, -0.2) is 20.9 Å². The standard InChI is InChI=1S/C6H8ClN3S/c1-2-3-11-6-8-5(4-7)9-10-6/h2H,1,3-4H2,(H,8,9,10). The maximum atomic E-state index is 5.51. The van der Waals surface area contributed by atoms with Gasteiger partial charge in [-0.2, -0.15) is 0 Å². The number of hydrogen-bond donors (Lipinski definition) is 1. The normalized spacial score (nSPS) is 9.91. The van der Waals surface area contributed by atoms with E-state index in [0.29, 0.717) is 11.7 Å². The molecular weight excluding hydrogens is 182 g/mol. The molecule has 0 fully saturated rings. The fourth-order valence-corrected chi connectivity index (χ4v) is 1.23. The Balaban J connectivity index is 2.50. The summed E-state index contributed by atoms with van der Waals surface area (Å²) in [5, 5.41) is 8.44. The molecule has 60 valence electrons. The third-order valence-electron chi connectivity index (χ3n) is 0.977. The quantitative estimate of drug-likeness (QED) is 0.446. The Morgan fingerprint density at radius 3 is 3.00 bits per heavy atom. The van der Waals surface area contributed by atoms with E-state index in [1.165, 1.54) is 0 Å². The number of H-pyrrole nitrogens is 1. The summed E-state index contributed by atoms with van der Waals surface area (Å²) < 4.78 is 0. The monoisotopic (exact) mass is 189 g/mol. The SMILES string of the molecule is C=CCSc1nnc(CCl)[nH]1. The number of nitrogens with one attached hydrogen (secondary N) is 1. The average Bonchev–Trinajstić information content (AvgIpc) is 2.48. The lowest BCUT2D eigenvalue weighted by molar-refractivity contribution is 0.969. The molecule has 0 amide bonds. The van der Waals surface area contributed by atoms with Gasteiger partial charge in [-0.05, 0) is 0 Å². The molecule has 0 unspecified atom stereocenters. The predicted octanol–water partition coefficient (Wildman–Crippen LogP) is 1.82. The largest absolute Gasteiger partial charge is 0.319 e. The van der Waals surface area contributed by atoms with Gasteiger partial charge < -0.3 is 4.98 Å². The summed E-state index contributed by atoms with van der Waals surface area (Å²) in [6, 6.07) is 0. The van der Waals surface area contributed by atoms with Gasteiger partial charge in [-0.1, -0.05) is 17.8 Å². The molecule has 0 aliphatic heterocycles. The number of alkyl halides is 1. The van der Waals surface area contributed by atoms with Crippen LogP contribution < -0.4 is 0 Å². The first-order chi connectivity index (χ1) is 5.36. The van der Waals surface area contributed by atoms with Crippen molar-refractivity contribution < 1.29 is 0 Å². The van der Waals surface area contributed by atoms with E-state index in [4.69, 9.17) is 11.6 Å². The van der Waals surface area contributed by atoms with Crippen molar-refractivity contribution >= 4 is 23.4 Å². The molecule has 0 bridgehead atoms. The highest BCUT2D eigenvalue weighted by Gasteiger charge is 1.99. The third kappa shape index (κ3) is 2.55. The first-order valence-corrected chi connectivity index (χ1v) is 4.60. The fourth-order valence-electron chi connectivity index (χ4n) is 0.542. The summed E-state index contributed by atoms with van der Waals surface area (Å²) in [4.78, 5) is 2.96. The van der Waals surface area contributed by atoms with Crippen molar-refractivity contribution in [1.29, 1.82) is 0 Å². The van der Waals surface area contributed by atoms with Crippen LogP contribution in [0.4, 0.5) is 0 Å². The zero-order chi connectivity index (χ0) is 8.10. The van der Waals surface area contributed by atoms with Gasteiger partial charge in [-0.3, -0.25) is 0 Å². The second-order valence-corrected chi connectivity index (χ2v) is 3.09. The maximum Gasteiger partial charge on any atom is 0.188 e. The van der Waals surface area contributed by atoms with Crippen LogP contribution in [0.25, 0.3) is 0 Å². The predicted molar refractivity (Wildman–Crippen MR) is 46.9 cm³/mol. The van der Waals surface area contributed by atoms with Gasteiger partial charge in [0.05, 0.1) is 5.88 Å². The molecule has 0 spiro atoms. The van der Waals surface area contributed by atoms with Gasteiger partial charge in [0, 0.05) is 5.75 Å². The van der Waals surface area contributed by atoms with Crippen LogP contribution in [0.5, 0.6) is 0 Å². The second kappa shape index (κ2) is 4.41. The molecule has 1 heterocycles. The van der Waals surface area contributed by atoms with Gasteiger partial charge in [0.2, 0.25) is 0 Å². The van der Waals surface area contributed by atoms with Crippen molar-refractivity contribution in [2.45, 2.75) is 11.0 Å². The van der Waals surface area contributed by atoms with Crippen molar-refractivity contribution in [3.05, 3.63) is 18.5 Å². The smallest absolute Gasteiger partial charge is 0.188 e. The summed E-state index contributed by atoms with van der Waals surface area (Å²) in [5.74, 6) is 1.91. The van der Waals surface area contributed by atoms with Crippen molar-refractivity contribution in [3.63, 3.8) is 0 Å². The van der Waals surface area contributed by atoms with Crippen LogP contribution in [0, 0.1) is 0 Å². The van der Waals surface area contributed by atoms with Crippen molar-refractivity contribution in [2.24, 2.45) is 0 Å². The Labute approximate surface area is 74.2 Å². The van der Waals surface area contributed by atoms with E-state index in [1.54, 1.807) is 11.8 Å². The van der Waals surface area contributed by atoms with Gasteiger partial charge in [0.1, 0.15) is 5.82 Å². The molecule has 1 aromatic heterocycles. The molecule has 0 saturated heterocycles. The highest BCUT2D eigenvalue weighted by molar-refractivity contribution is 7.99. The van der Waals surface area contributed by atoms with Crippen molar-refractivity contribution in [1.82, 2.24) is 15.2 Å². The van der Waals surface area contributed by atoms with Crippen molar-refractivity contribution in [2.75, 3.05) is 5.75 Å². The number of halogens is 1. The number of aromatic nitrogens is 3. The number of thioether (sulfide) groups is 1. The van der Waals surface area contributed by atoms with E-state index in [2.05, 4.69) is 21.8 Å². The molecule has 11 heavy (non-hydrogen) atoms. The maximum absolute atomic E-state index is 5.51. The average molecular weight is 190 g/mol. The van der Waals surface area contributed by atoms with Crippen molar-refractivity contribution in [3.8, 4) is 0 Å². The zero-order valence-corrected chi connectivity index (χ0v) is 7.45. The minimum atomic E-state index is 0.377. The Hall–Kier alpha value is -0.480. The van der Waals surface area contributed by atoms with E-state index in [0.717, 1.165) is 10.9 Å². The Bertz CT molecular complexity index is 235. The van der Waals surface area contributed by atoms with E-state index < -0.39 is 0 Å². The molecule has 1 N–H and O–H groups in total. The topological polar surface area (TPSA) is 41.6 Å². The molecule has 0 aliphatic carbocycles. The highest BCUT2D eigenvalue weighted by atomic mass is 35.5. The molecule has 1 aromatic rings. The third-order valence-corrected chi connectivity index (χ3v) is 2.09. The summed E-state index contributed by atoms with van der Waals surface area (Å²) in [5.41, 5.74) is 0. The molecule has 1 rings (SSSR count). The van der Waals surface area contributed by atoms with Gasteiger partial charge >= 0.3 is 0 Å². The number of nitrogens with zero attached hydrogens (tertiary/aromatic N) is 2. The zero-order valence-electron chi connectivity index (χ0n) is 5.88. The highest BCUT2D eigenvalue weighted by Crippen LogP contribution is 2.11. The summed E-state index contributed by atoms with van der Waals surface area (Å²) in [6.45, 7) is 3.59. The van der Waals surface area contributed by atoms with E-state index >= 15 is 0 Å². The second-order valence-electron chi connectivity index (χ2n) is 1.81. The minimum absolute atomic E-state index is 0.377. The van der Waals surface area contributed by atoms with Crippen LogP contribution in [0.2, 0.25) is 0 Å². The van der Waals surface area contributed by atoms with Gasteiger partial charge in [0.15, 0.2) is 5.16 Å². The van der Waals surface area contributed by atoms with Gasteiger partial charge in [-0.15, -0.1) is 28.4 Å². The lowest BCUT2D eigenvalue weighted by atomic mass is 10.7. The Morgan fingerprint density at radius 2 is 2.45 bits per heavy atom. The Morgan fingerprint density at radius 1 is 1.64 bits per heavy atom. The summed E-state index contributed by atoms with van der Waals surface area (Å²) in [7, 11) is 0. The molecule has 0 radical (unpaired) electrons. The minimum Gasteiger partial charge on any atom is -0.319 e. The first kappa shape index (κ1) is 8.62. The number of rotatable bonds is 4. The molecule has 0 aliphatic rings. The van der Waals surface area contributed by atoms with Crippen LogP contribution in [-0.2, 0) is 5.88 Å². The van der Waals surface area contributed by atoms with Gasteiger partial charge in [0.25, 0.3) is 0 Å². The molecule has 5 heteroatoms. The van der Waals surface area contributed by atoms with Crippen LogP contribution in [0.15, 0.2) is 17.8 Å². The molecule has 0 saturated carbocycles. The van der Waals surface area contributed by atoms with Crippen LogP contribution in [0.3, 0.4) is 0 Å². The Kier molecular flexibility index (Phi) is 3.45.